The van der Waals surface area contributed by atoms with Crippen LogP contribution in [0.15, 0.2) is 6.33 Å². The van der Waals surface area contributed by atoms with Crippen molar-refractivity contribution in [3.8, 4) is 5.88 Å². The maximum Gasteiger partial charge on any atom is 0.221 e. The zero-order valence-electron chi connectivity index (χ0n) is 12.1. The molecule has 0 fully saturated rings. The van der Waals surface area contributed by atoms with Crippen molar-refractivity contribution >= 4 is 0 Å². The molecule has 1 atom stereocenters. The van der Waals surface area contributed by atoms with Crippen LogP contribution >= 0.6 is 0 Å². The number of nitrogens with one attached hydrogen (secondary N) is 1. The number of fused-ring (bicyclic) bond motifs is 1. The fourth-order valence-corrected chi connectivity index (χ4v) is 2.46. The average molecular weight is 263 g/mol. The van der Waals surface area contributed by atoms with Gasteiger partial charge in [-0.1, -0.05) is 33.1 Å². The van der Waals surface area contributed by atoms with E-state index in [0.29, 0.717) is 5.92 Å². The smallest absolute Gasteiger partial charge is 0.221 e. The van der Waals surface area contributed by atoms with Crippen molar-refractivity contribution in [3.05, 3.63) is 17.6 Å². The average Bonchev–Trinajstić information content (AvgIpc) is 2.47. The topological polar surface area (TPSA) is 47.0 Å². The summed E-state index contributed by atoms with van der Waals surface area (Å²) in [6, 6.07) is 0. The Bertz CT molecular complexity index is 395. The molecule has 0 bridgehead atoms. The normalized spacial score (nSPS) is 15.9. The van der Waals surface area contributed by atoms with Gasteiger partial charge in [0, 0.05) is 25.1 Å². The zero-order valence-corrected chi connectivity index (χ0v) is 12.1. The molecule has 0 saturated carbocycles. The van der Waals surface area contributed by atoms with Crippen molar-refractivity contribution in [1.82, 2.24) is 15.3 Å². The van der Waals surface area contributed by atoms with Crippen LogP contribution in [0.1, 0.15) is 50.8 Å². The van der Waals surface area contributed by atoms with Gasteiger partial charge in [0.25, 0.3) is 0 Å². The SMILES string of the molecule is CCCCC(CC)COc1ncnc2c1CNCC2. The van der Waals surface area contributed by atoms with Gasteiger partial charge < -0.3 is 10.1 Å². The standard InChI is InChI=1S/C15H25N3O/c1-3-5-6-12(4-2)10-19-15-13-9-16-8-7-14(13)17-11-18-15/h11-12,16H,3-10H2,1-2H3. The number of rotatable bonds is 7. The van der Waals surface area contributed by atoms with E-state index in [-0.39, 0.29) is 0 Å². The molecule has 1 aliphatic rings. The van der Waals surface area contributed by atoms with Gasteiger partial charge in [0.2, 0.25) is 5.88 Å². The molecule has 0 amide bonds. The summed E-state index contributed by atoms with van der Waals surface area (Å²) >= 11 is 0. The minimum Gasteiger partial charge on any atom is -0.477 e. The summed E-state index contributed by atoms with van der Waals surface area (Å²) in [5.74, 6) is 1.43. The van der Waals surface area contributed by atoms with Gasteiger partial charge in [0.15, 0.2) is 0 Å². The summed E-state index contributed by atoms with van der Waals surface area (Å²) in [5.41, 5.74) is 2.30. The van der Waals surface area contributed by atoms with Crippen LogP contribution in [-0.2, 0) is 13.0 Å². The molecule has 0 aromatic carbocycles. The first-order valence-electron chi connectivity index (χ1n) is 7.51. The van der Waals surface area contributed by atoms with Crippen molar-refractivity contribution in [2.24, 2.45) is 5.92 Å². The summed E-state index contributed by atoms with van der Waals surface area (Å²) < 4.78 is 5.96. The maximum absolute atomic E-state index is 5.96. The lowest BCUT2D eigenvalue weighted by molar-refractivity contribution is 0.222. The first kappa shape index (κ1) is 14.3. The van der Waals surface area contributed by atoms with Gasteiger partial charge in [-0.05, 0) is 12.3 Å². The predicted molar refractivity (Wildman–Crippen MR) is 76.2 cm³/mol. The Kier molecular flexibility index (Phi) is 5.58. The van der Waals surface area contributed by atoms with E-state index in [1.165, 1.54) is 25.7 Å². The van der Waals surface area contributed by atoms with Crippen LogP contribution in [0.5, 0.6) is 5.88 Å². The number of hydrogen-bond acceptors (Lipinski definition) is 4. The lowest BCUT2D eigenvalue weighted by Gasteiger charge is -2.20. The third-order valence-electron chi connectivity index (χ3n) is 3.83. The highest BCUT2D eigenvalue weighted by atomic mass is 16.5. The fraction of sp³-hybridized carbons (Fsp3) is 0.733. The van der Waals surface area contributed by atoms with E-state index in [0.717, 1.165) is 43.3 Å². The van der Waals surface area contributed by atoms with E-state index in [1.54, 1.807) is 6.33 Å². The second-order valence-corrected chi connectivity index (χ2v) is 5.26. The Morgan fingerprint density at radius 1 is 1.37 bits per heavy atom. The number of ether oxygens (including phenoxy) is 1. The van der Waals surface area contributed by atoms with Crippen LogP contribution in [0, 0.1) is 5.92 Å². The first-order chi connectivity index (χ1) is 9.35. The Labute approximate surface area is 116 Å². The molecule has 0 aliphatic carbocycles. The van der Waals surface area contributed by atoms with Crippen LogP contribution in [0.3, 0.4) is 0 Å². The predicted octanol–water partition coefficient (Wildman–Crippen LogP) is 2.72. The molecule has 1 aromatic rings. The molecular formula is C15H25N3O. The molecule has 1 aromatic heterocycles. The molecule has 1 unspecified atom stereocenters. The van der Waals surface area contributed by atoms with Gasteiger partial charge in [0.05, 0.1) is 12.3 Å². The number of aromatic nitrogens is 2. The third kappa shape index (κ3) is 3.90. The summed E-state index contributed by atoms with van der Waals surface area (Å²) in [6.45, 7) is 7.08. The van der Waals surface area contributed by atoms with Crippen LogP contribution in [-0.4, -0.2) is 23.1 Å². The summed E-state index contributed by atoms with van der Waals surface area (Å²) in [6.07, 6.45) is 7.56. The second kappa shape index (κ2) is 7.43. The largest absolute Gasteiger partial charge is 0.477 e. The molecule has 1 N–H and O–H groups in total. The lowest BCUT2D eigenvalue weighted by atomic mass is 10.0. The van der Waals surface area contributed by atoms with E-state index in [2.05, 4.69) is 29.1 Å². The summed E-state index contributed by atoms with van der Waals surface area (Å²) in [7, 11) is 0. The fourth-order valence-electron chi connectivity index (χ4n) is 2.46. The monoisotopic (exact) mass is 263 g/mol. The molecule has 1 aliphatic heterocycles. The van der Waals surface area contributed by atoms with Gasteiger partial charge >= 0.3 is 0 Å². The molecular weight excluding hydrogens is 238 g/mol. The van der Waals surface area contributed by atoms with Crippen LogP contribution in [0.25, 0.3) is 0 Å². The second-order valence-electron chi connectivity index (χ2n) is 5.26. The van der Waals surface area contributed by atoms with E-state index >= 15 is 0 Å². The number of hydrogen-bond donors (Lipinski definition) is 1. The van der Waals surface area contributed by atoms with Crippen molar-refractivity contribution in [2.75, 3.05) is 13.2 Å². The van der Waals surface area contributed by atoms with Gasteiger partial charge in [-0.25, -0.2) is 9.97 Å². The van der Waals surface area contributed by atoms with Gasteiger partial charge in [-0.3, -0.25) is 0 Å². The van der Waals surface area contributed by atoms with Crippen LogP contribution < -0.4 is 10.1 Å². The number of nitrogens with zero attached hydrogens (tertiary/aromatic N) is 2. The Hall–Kier alpha value is -1.16. The Morgan fingerprint density at radius 2 is 2.26 bits per heavy atom. The quantitative estimate of drug-likeness (QED) is 0.821. The van der Waals surface area contributed by atoms with Crippen molar-refractivity contribution in [3.63, 3.8) is 0 Å². The summed E-state index contributed by atoms with van der Waals surface area (Å²) in [4.78, 5) is 8.65. The minimum atomic E-state index is 0.641. The van der Waals surface area contributed by atoms with Crippen molar-refractivity contribution in [2.45, 2.75) is 52.5 Å². The van der Waals surface area contributed by atoms with Crippen molar-refractivity contribution in [1.29, 1.82) is 0 Å². The molecule has 0 saturated heterocycles. The third-order valence-corrected chi connectivity index (χ3v) is 3.83. The Morgan fingerprint density at radius 3 is 3.05 bits per heavy atom. The highest BCUT2D eigenvalue weighted by Gasteiger charge is 2.17. The summed E-state index contributed by atoms with van der Waals surface area (Å²) in [5, 5.41) is 3.36. The molecule has 106 valence electrons. The van der Waals surface area contributed by atoms with Crippen LogP contribution in [0.2, 0.25) is 0 Å². The van der Waals surface area contributed by atoms with Gasteiger partial charge in [-0.15, -0.1) is 0 Å². The maximum atomic E-state index is 5.96. The first-order valence-corrected chi connectivity index (χ1v) is 7.51. The molecule has 4 heteroatoms. The minimum absolute atomic E-state index is 0.641. The molecule has 2 rings (SSSR count). The highest BCUT2D eigenvalue weighted by molar-refractivity contribution is 5.31. The highest BCUT2D eigenvalue weighted by Crippen LogP contribution is 2.22. The number of unbranched alkanes of at least 4 members (excludes halogenated alkanes) is 1. The van der Waals surface area contributed by atoms with E-state index in [9.17, 15) is 0 Å². The molecule has 0 spiro atoms. The zero-order chi connectivity index (χ0) is 13.5. The van der Waals surface area contributed by atoms with E-state index in [1.807, 2.05) is 0 Å². The Balaban J connectivity index is 1.95. The van der Waals surface area contributed by atoms with Crippen LogP contribution in [0.4, 0.5) is 0 Å². The molecule has 0 radical (unpaired) electrons. The van der Waals surface area contributed by atoms with Gasteiger partial charge in [-0.2, -0.15) is 0 Å². The van der Waals surface area contributed by atoms with Crippen molar-refractivity contribution < 1.29 is 4.74 Å². The van der Waals surface area contributed by atoms with E-state index in [4.69, 9.17) is 4.74 Å². The molecule has 4 nitrogen and oxygen atoms in total. The lowest BCUT2D eigenvalue weighted by Crippen LogP contribution is -2.26. The van der Waals surface area contributed by atoms with E-state index < -0.39 is 0 Å². The van der Waals surface area contributed by atoms with Gasteiger partial charge in [0.1, 0.15) is 6.33 Å². The molecule has 19 heavy (non-hydrogen) atoms. The molecule has 2 heterocycles.